The van der Waals surface area contributed by atoms with Crippen LogP contribution in [-0.2, 0) is 0 Å². The van der Waals surface area contributed by atoms with Gasteiger partial charge in [-0.25, -0.2) is 4.98 Å². The highest BCUT2D eigenvalue weighted by molar-refractivity contribution is 5.59. The minimum atomic E-state index is 0.330. The highest BCUT2D eigenvalue weighted by Gasteiger charge is 2.18. The molecule has 8 nitrogen and oxygen atoms in total. The molecule has 0 spiro atoms. The van der Waals surface area contributed by atoms with Gasteiger partial charge in [-0.3, -0.25) is 0 Å². The Morgan fingerprint density at radius 2 is 2.00 bits per heavy atom. The number of anilines is 2. The Labute approximate surface area is 127 Å². The van der Waals surface area contributed by atoms with Crippen molar-refractivity contribution in [1.82, 2.24) is 24.5 Å². The lowest BCUT2D eigenvalue weighted by molar-refractivity contribution is 0.312. The van der Waals surface area contributed by atoms with Crippen LogP contribution in [0.25, 0.3) is 17.2 Å². The number of rotatable bonds is 2. The quantitative estimate of drug-likeness (QED) is 0.745. The number of piperazine rings is 1. The van der Waals surface area contributed by atoms with Crippen molar-refractivity contribution in [2.45, 2.75) is 0 Å². The second-order valence-corrected chi connectivity index (χ2v) is 5.45. The molecular weight excluding hydrogens is 282 g/mol. The van der Waals surface area contributed by atoms with Crippen molar-refractivity contribution in [2.75, 3.05) is 43.9 Å². The van der Waals surface area contributed by atoms with Crippen LogP contribution >= 0.6 is 0 Å². The second kappa shape index (κ2) is 4.99. The number of aromatic nitrogens is 4. The zero-order chi connectivity index (χ0) is 15.1. The lowest BCUT2D eigenvalue weighted by Gasteiger charge is -2.33. The Bertz CT molecular complexity index is 787. The monoisotopic (exact) mass is 299 g/mol. The summed E-state index contributed by atoms with van der Waals surface area (Å²) in [6, 6.07) is 5.54. The molecule has 1 aliphatic rings. The van der Waals surface area contributed by atoms with Gasteiger partial charge in [-0.15, -0.1) is 5.10 Å². The molecule has 1 saturated heterocycles. The van der Waals surface area contributed by atoms with Gasteiger partial charge in [-0.1, -0.05) is 0 Å². The summed E-state index contributed by atoms with van der Waals surface area (Å²) in [7, 11) is 2.12. The molecule has 4 heterocycles. The highest BCUT2D eigenvalue weighted by Crippen LogP contribution is 2.21. The van der Waals surface area contributed by atoms with Crippen molar-refractivity contribution in [2.24, 2.45) is 0 Å². The highest BCUT2D eigenvalue weighted by atomic mass is 16.3. The molecule has 8 heteroatoms. The third kappa shape index (κ3) is 2.17. The fourth-order valence-corrected chi connectivity index (χ4v) is 2.61. The molecule has 2 N–H and O–H groups in total. The summed E-state index contributed by atoms with van der Waals surface area (Å²) in [5, 5.41) is 4.35. The minimum absolute atomic E-state index is 0.330. The summed E-state index contributed by atoms with van der Waals surface area (Å²) in [5.41, 5.74) is 6.71. The lowest BCUT2D eigenvalue weighted by atomic mass is 10.3. The predicted octanol–water partition coefficient (Wildman–Crippen LogP) is 0.718. The van der Waals surface area contributed by atoms with Crippen LogP contribution in [-0.4, -0.2) is 57.7 Å². The Morgan fingerprint density at radius 1 is 1.18 bits per heavy atom. The zero-order valence-electron chi connectivity index (χ0n) is 12.3. The summed E-state index contributed by atoms with van der Waals surface area (Å²) >= 11 is 0. The zero-order valence-corrected chi connectivity index (χ0v) is 12.3. The predicted molar refractivity (Wildman–Crippen MR) is 82.6 cm³/mol. The number of hydrogen-bond acceptors (Lipinski definition) is 7. The van der Waals surface area contributed by atoms with Gasteiger partial charge in [0.15, 0.2) is 11.4 Å². The standard InChI is InChI=1S/C14H17N7O/c1-19-4-6-20(7-5-19)11-9-12-16-13(10-3-2-8-22-10)18-21(12)14(15)17-11/h2-3,8-9H,4-7H2,1H3,(H2,15,17). The minimum Gasteiger partial charge on any atom is -0.461 e. The van der Waals surface area contributed by atoms with Gasteiger partial charge in [0.25, 0.3) is 0 Å². The van der Waals surface area contributed by atoms with Gasteiger partial charge in [0.05, 0.1) is 6.26 Å². The van der Waals surface area contributed by atoms with E-state index < -0.39 is 0 Å². The molecular formula is C14H17N7O. The van der Waals surface area contributed by atoms with Gasteiger partial charge in [0.2, 0.25) is 11.8 Å². The SMILES string of the molecule is CN1CCN(c2cc3nc(-c4ccco4)nn3c(N)n2)CC1. The van der Waals surface area contributed by atoms with Gasteiger partial charge in [0, 0.05) is 32.2 Å². The molecule has 0 radical (unpaired) electrons. The molecule has 1 aliphatic heterocycles. The summed E-state index contributed by atoms with van der Waals surface area (Å²) in [6.07, 6.45) is 1.60. The molecule has 0 aliphatic carbocycles. The molecule has 0 unspecified atom stereocenters. The number of furan rings is 1. The Balaban J connectivity index is 1.73. The number of nitrogen functional groups attached to an aromatic ring is 1. The first-order valence-electron chi connectivity index (χ1n) is 7.21. The normalized spacial score (nSPS) is 16.5. The van der Waals surface area contributed by atoms with Gasteiger partial charge >= 0.3 is 0 Å². The van der Waals surface area contributed by atoms with Crippen LogP contribution in [0, 0.1) is 0 Å². The van der Waals surface area contributed by atoms with Crippen LogP contribution in [0.15, 0.2) is 28.9 Å². The van der Waals surface area contributed by atoms with Gasteiger partial charge in [0.1, 0.15) is 5.82 Å². The van der Waals surface area contributed by atoms with Crippen molar-refractivity contribution >= 4 is 17.4 Å². The first kappa shape index (κ1) is 13.1. The molecule has 4 rings (SSSR count). The molecule has 1 fully saturated rings. The fraction of sp³-hybridized carbons (Fsp3) is 0.357. The summed E-state index contributed by atoms with van der Waals surface area (Å²) < 4.78 is 6.87. The van der Waals surface area contributed by atoms with E-state index in [-0.39, 0.29) is 0 Å². The van der Waals surface area contributed by atoms with Crippen LogP contribution in [0.4, 0.5) is 11.8 Å². The van der Waals surface area contributed by atoms with Gasteiger partial charge in [-0.05, 0) is 19.2 Å². The molecule has 114 valence electrons. The topological polar surface area (TPSA) is 88.7 Å². The molecule has 0 bridgehead atoms. The summed E-state index contributed by atoms with van der Waals surface area (Å²) in [6.45, 7) is 3.88. The molecule has 3 aromatic heterocycles. The number of nitrogens with zero attached hydrogens (tertiary/aromatic N) is 6. The molecule has 3 aromatic rings. The average molecular weight is 299 g/mol. The average Bonchev–Trinajstić information content (AvgIpc) is 3.17. The van der Waals surface area contributed by atoms with E-state index in [9.17, 15) is 0 Å². The molecule has 0 saturated carbocycles. The van der Waals surface area contributed by atoms with E-state index >= 15 is 0 Å². The van der Waals surface area contributed by atoms with Gasteiger partial charge in [-0.2, -0.15) is 9.50 Å². The van der Waals surface area contributed by atoms with Crippen LogP contribution in [0.3, 0.4) is 0 Å². The van der Waals surface area contributed by atoms with Crippen LogP contribution in [0.5, 0.6) is 0 Å². The fourth-order valence-electron chi connectivity index (χ4n) is 2.61. The second-order valence-electron chi connectivity index (χ2n) is 5.45. The summed E-state index contributed by atoms with van der Waals surface area (Å²) in [4.78, 5) is 13.5. The first-order valence-corrected chi connectivity index (χ1v) is 7.21. The third-order valence-corrected chi connectivity index (χ3v) is 3.91. The maximum Gasteiger partial charge on any atom is 0.225 e. The van der Waals surface area contributed by atoms with Gasteiger partial charge < -0.3 is 20.0 Å². The number of likely N-dealkylation sites (N-methyl/N-ethyl adjacent to an activating group) is 1. The van der Waals surface area contributed by atoms with E-state index in [0.717, 1.165) is 32.0 Å². The van der Waals surface area contributed by atoms with Crippen molar-refractivity contribution < 1.29 is 4.42 Å². The third-order valence-electron chi connectivity index (χ3n) is 3.91. The van der Waals surface area contributed by atoms with Crippen molar-refractivity contribution in [3.8, 4) is 11.6 Å². The van der Waals surface area contributed by atoms with Crippen LogP contribution < -0.4 is 10.6 Å². The van der Waals surface area contributed by atoms with Crippen LogP contribution in [0.1, 0.15) is 0 Å². The smallest absolute Gasteiger partial charge is 0.225 e. The number of nitrogens with two attached hydrogens (primary N) is 1. The summed E-state index contributed by atoms with van der Waals surface area (Å²) in [5.74, 6) is 2.30. The Kier molecular flexibility index (Phi) is 2.97. The maximum atomic E-state index is 6.04. The van der Waals surface area contributed by atoms with E-state index in [1.165, 1.54) is 4.52 Å². The van der Waals surface area contributed by atoms with E-state index in [0.29, 0.717) is 23.2 Å². The van der Waals surface area contributed by atoms with Crippen LogP contribution in [0.2, 0.25) is 0 Å². The van der Waals surface area contributed by atoms with Crippen molar-refractivity contribution in [3.63, 3.8) is 0 Å². The molecule has 22 heavy (non-hydrogen) atoms. The largest absolute Gasteiger partial charge is 0.461 e. The number of fused-ring (bicyclic) bond motifs is 1. The maximum absolute atomic E-state index is 6.04. The Morgan fingerprint density at radius 3 is 2.73 bits per heavy atom. The molecule has 0 aromatic carbocycles. The van der Waals surface area contributed by atoms with Crippen molar-refractivity contribution in [1.29, 1.82) is 0 Å². The van der Waals surface area contributed by atoms with E-state index in [1.54, 1.807) is 12.3 Å². The lowest BCUT2D eigenvalue weighted by Crippen LogP contribution is -2.44. The first-order chi connectivity index (χ1) is 10.7. The molecule has 0 amide bonds. The van der Waals surface area contributed by atoms with Crippen molar-refractivity contribution in [3.05, 3.63) is 24.5 Å². The number of hydrogen-bond donors (Lipinski definition) is 1. The van der Waals surface area contributed by atoms with E-state index in [4.69, 9.17) is 10.2 Å². The van der Waals surface area contributed by atoms with E-state index in [1.807, 2.05) is 12.1 Å². The van der Waals surface area contributed by atoms with E-state index in [2.05, 4.69) is 31.9 Å². The Hall–Kier alpha value is -2.61. The molecule has 0 atom stereocenters.